The molecule has 0 bridgehead atoms. The fourth-order valence-corrected chi connectivity index (χ4v) is 49.2. The molecule has 2 aliphatic rings. The van der Waals surface area contributed by atoms with Crippen molar-refractivity contribution in [2.75, 3.05) is 0 Å². The maximum absolute atomic E-state index is 8.83. The fraction of sp³-hybridized carbons (Fsp3) is 0.200. The van der Waals surface area contributed by atoms with Crippen LogP contribution in [-0.2, 0) is 15.6 Å². The second-order valence-corrected chi connectivity index (χ2v) is 63.7. The van der Waals surface area contributed by atoms with E-state index in [1.807, 2.05) is 0 Å². The van der Waals surface area contributed by atoms with E-state index in [1.165, 1.54) is 77.2 Å². The van der Waals surface area contributed by atoms with Gasteiger partial charge in [-0.3, -0.25) is 0 Å². The molecule has 0 fully saturated rings. The van der Waals surface area contributed by atoms with Crippen molar-refractivity contribution >= 4 is 64.7 Å². The summed E-state index contributed by atoms with van der Waals surface area (Å²) in [5, 5.41) is 6.64. The van der Waals surface area contributed by atoms with Crippen molar-refractivity contribution in [2.45, 2.75) is 53.8 Å². The zero-order valence-corrected chi connectivity index (χ0v) is 36.2. The van der Waals surface area contributed by atoms with Gasteiger partial charge in [0, 0.05) is 0 Å². The normalized spacial score (nSPS) is 18.2. The molecule has 0 saturated heterocycles. The number of aryl methyl sites for hydroxylation is 1. The van der Waals surface area contributed by atoms with Crippen molar-refractivity contribution in [1.82, 2.24) is 0 Å². The first-order valence-corrected chi connectivity index (χ1v) is 37.8. The zero-order valence-electron chi connectivity index (χ0n) is 30.1. The van der Waals surface area contributed by atoms with Crippen molar-refractivity contribution < 1.29 is 15.6 Å². The molecule has 0 aromatic heterocycles. The van der Waals surface area contributed by atoms with Crippen molar-refractivity contribution in [3.8, 4) is 22.3 Å². The third kappa shape index (κ3) is 5.06. The van der Waals surface area contributed by atoms with Gasteiger partial charge in [-0.05, 0) is 0 Å². The molecule has 0 amide bonds. The topological polar surface area (TPSA) is 0 Å². The Morgan fingerprint density at radius 2 is 1.08 bits per heavy atom. The first-order chi connectivity index (χ1) is 23.8. The van der Waals surface area contributed by atoms with E-state index in [0.717, 1.165) is 0 Å². The van der Waals surface area contributed by atoms with Crippen LogP contribution in [0, 0.1) is 6.92 Å². The van der Waals surface area contributed by atoms with Crippen LogP contribution in [0.1, 0.15) is 42.0 Å². The Labute approximate surface area is 307 Å². The number of fused-ring (bicyclic) bond motifs is 4. The fourth-order valence-electron chi connectivity index (χ4n) is 9.40. The van der Waals surface area contributed by atoms with E-state index in [-0.39, 0.29) is 7.25 Å². The van der Waals surface area contributed by atoms with E-state index in [1.54, 1.807) is 5.20 Å². The summed E-state index contributed by atoms with van der Waals surface area (Å²) in [7, 11) is 15.8. The molecule has 0 aliphatic heterocycles. The van der Waals surface area contributed by atoms with Gasteiger partial charge in [0.1, 0.15) is 0 Å². The van der Waals surface area contributed by atoms with Crippen LogP contribution in [0.4, 0.5) is 0 Å². The van der Waals surface area contributed by atoms with Gasteiger partial charge in [-0.1, -0.05) is 0 Å². The predicted molar refractivity (Wildman–Crippen MR) is 225 cm³/mol. The van der Waals surface area contributed by atoms with Crippen LogP contribution >= 0.6 is 17.0 Å². The van der Waals surface area contributed by atoms with Gasteiger partial charge in [0.05, 0.1) is 0 Å². The number of hydrogen-bond acceptors (Lipinski definition) is 0. The first kappa shape index (κ1) is 34.3. The second-order valence-electron chi connectivity index (χ2n) is 16.1. The number of benzene rings is 6. The molecule has 5 heteroatoms. The molecule has 0 spiro atoms. The van der Waals surface area contributed by atoms with Gasteiger partial charge in [0.2, 0.25) is 0 Å². The molecule has 2 unspecified atom stereocenters. The molecule has 0 nitrogen and oxygen atoms in total. The third-order valence-corrected chi connectivity index (χ3v) is 66.6. The van der Waals surface area contributed by atoms with Gasteiger partial charge in [-0.15, -0.1) is 0 Å². The monoisotopic (exact) mass is 801 g/mol. The average Bonchev–Trinajstić information content (AvgIpc) is 3.69. The van der Waals surface area contributed by atoms with Crippen molar-refractivity contribution in [1.29, 1.82) is 0 Å². The van der Waals surface area contributed by atoms with Crippen molar-refractivity contribution in [2.24, 2.45) is 0 Å². The Kier molecular flexibility index (Phi) is 8.33. The molecule has 2 aliphatic carbocycles. The standard InChI is InChI=1S/C22H21Si.C21H17.C2H7Si.2ClH.Zr/c1-23(2,3)18-14-17-10-7-13-21(22(17)15-18)20-12-6-9-16-8-4-5-11-19(16)20;1-14-12-20-15(2)10-11-19(21(20)13-14)18-9-5-7-16-6-3-4-8-17(16)18;1-3-2;;;/h4-15H,1-3H3;3-13H,1-2H3;3H,1-2H3;2*1H;/q;;;;;+2/p-2. The molecule has 251 valence electrons. The molecular weight excluding hydrogens is 759 g/mol. The molecule has 0 radical (unpaired) electrons. The Hall–Kier alpha value is -2.78. The molecule has 0 saturated carbocycles. The van der Waals surface area contributed by atoms with E-state index in [4.69, 9.17) is 17.0 Å². The molecule has 50 heavy (non-hydrogen) atoms. The van der Waals surface area contributed by atoms with Crippen LogP contribution < -0.4 is 0 Å². The number of halogens is 2. The molecule has 0 N–H and O–H groups in total. The van der Waals surface area contributed by atoms with E-state index < -0.39 is 29.6 Å². The van der Waals surface area contributed by atoms with Crippen LogP contribution in [0.5, 0.6) is 0 Å². The molecule has 6 aromatic carbocycles. The summed E-state index contributed by atoms with van der Waals surface area (Å²) in [6, 6.07) is 42.5. The average molecular weight is 804 g/mol. The van der Waals surface area contributed by atoms with E-state index in [0.29, 0.717) is 0 Å². The van der Waals surface area contributed by atoms with Gasteiger partial charge in [-0.2, -0.15) is 0 Å². The molecule has 6 aromatic rings. The predicted octanol–water partition coefficient (Wildman–Crippen LogP) is 14.1. The number of rotatable bonds is 6. The maximum atomic E-state index is 8.83. The van der Waals surface area contributed by atoms with Gasteiger partial charge < -0.3 is 0 Å². The van der Waals surface area contributed by atoms with Gasteiger partial charge in [0.15, 0.2) is 0 Å². The molecule has 8 rings (SSSR count). The molecular formula is C45H45Cl2Si2Zr. The summed E-state index contributed by atoms with van der Waals surface area (Å²) in [4.78, 5) is 0. The van der Waals surface area contributed by atoms with Crippen LogP contribution in [0.15, 0.2) is 126 Å². The molecule has 0 heterocycles. The minimum absolute atomic E-state index is 0.0632. The Balaban J connectivity index is 1.38. The second kappa shape index (κ2) is 12.1. The summed E-state index contributed by atoms with van der Waals surface area (Å²) >= 11 is -4.94. The van der Waals surface area contributed by atoms with Crippen LogP contribution in [0.2, 0.25) is 32.7 Å². The molecule has 2 atom stereocenters. The quantitative estimate of drug-likeness (QED) is 0.147. The Morgan fingerprint density at radius 1 is 0.560 bits per heavy atom. The zero-order chi connectivity index (χ0) is 35.2. The SMILES string of the molecule is CC1=Cc2c(-c3cccc4ccccc34)ccc(C)c2[CH]1[Zr]([Cl])([Cl])([CH]1C([Si](C)(C)C)=Cc2c(-c3cccc4ccccc34)cccc21)[SiH](C)C. The van der Waals surface area contributed by atoms with Crippen LogP contribution in [0.3, 0.4) is 0 Å². The Morgan fingerprint density at radius 3 is 1.66 bits per heavy atom. The summed E-state index contributed by atoms with van der Waals surface area (Å²) in [6.45, 7) is 17.0. The van der Waals surface area contributed by atoms with Crippen LogP contribution in [-0.4, -0.2) is 14.0 Å². The number of allylic oxidation sites excluding steroid dienone is 2. The summed E-state index contributed by atoms with van der Waals surface area (Å²) in [6.07, 6.45) is 5.02. The van der Waals surface area contributed by atoms with Gasteiger partial charge in [0.25, 0.3) is 0 Å². The summed E-state index contributed by atoms with van der Waals surface area (Å²) < 4.78 is 0.149. The summed E-state index contributed by atoms with van der Waals surface area (Å²) in [5.74, 6) is -1.69. The minimum atomic E-state index is -4.94. The van der Waals surface area contributed by atoms with Gasteiger partial charge in [-0.25, -0.2) is 0 Å². The van der Waals surface area contributed by atoms with E-state index in [9.17, 15) is 0 Å². The van der Waals surface area contributed by atoms with Gasteiger partial charge >= 0.3 is 310 Å². The Bertz CT molecular complexity index is 2420. The van der Waals surface area contributed by atoms with Crippen molar-refractivity contribution in [3.63, 3.8) is 0 Å². The van der Waals surface area contributed by atoms with E-state index in [2.05, 4.69) is 174 Å². The third-order valence-electron chi connectivity index (χ3n) is 11.9. The van der Waals surface area contributed by atoms with Crippen molar-refractivity contribution in [3.05, 3.63) is 154 Å². The van der Waals surface area contributed by atoms with Crippen LogP contribution in [0.25, 0.3) is 56.0 Å². The first-order valence-electron chi connectivity index (χ1n) is 18.0. The summed E-state index contributed by atoms with van der Waals surface area (Å²) in [5.41, 5.74) is 13.2. The number of hydrogen-bond donors (Lipinski definition) is 0. The van der Waals surface area contributed by atoms with E-state index >= 15 is 0 Å².